The van der Waals surface area contributed by atoms with Gasteiger partial charge in [0.25, 0.3) is 5.91 Å². The summed E-state index contributed by atoms with van der Waals surface area (Å²) in [5, 5.41) is 11.6. The molecule has 1 unspecified atom stereocenters. The number of pyridine rings is 1. The van der Waals surface area contributed by atoms with Crippen LogP contribution < -0.4 is 25.8 Å². The van der Waals surface area contributed by atoms with E-state index in [4.69, 9.17) is 31.9 Å². The van der Waals surface area contributed by atoms with Gasteiger partial charge in [0.15, 0.2) is 0 Å². The lowest BCUT2D eigenvalue weighted by Gasteiger charge is -2.45. The van der Waals surface area contributed by atoms with Gasteiger partial charge in [0.2, 0.25) is 0 Å². The number of ether oxygens (including phenoxy) is 2. The number of nitrogens with one attached hydrogen (secondary N) is 2. The van der Waals surface area contributed by atoms with Gasteiger partial charge in [-0.25, -0.2) is 9.48 Å². The van der Waals surface area contributed by atoms with Crippen molar-refractivity contribution in [3.63, 3.8) is 0 Å². The molecule has 3 aliphatic rings. The number of nitrogens with two attached hydrogens (primary N) is 1. The number of halogens is 1. The fourth-order valence-corrected chi connectivity index (χ4v) is 8.32. The number of urea groups is 1. The molecule has 0 spiro atoms. The highest BCUT2D eigenvalue weighted by atomic mass is 35.5. The molecule has 4 heterocycles. The van der Waals surface area contributed by atoms with Gasteiger partial charge >= 0.3 is 6.03 Å². The summed E-state index contributed by atoms with van der Waals surface area (Å²) in [6, 6.07) is 12.0. The number of piperazine rings is 1. The topological polar surface area (TPSA) is 143 Å². The maximum absolute atomic E-state index is 13.2. The number of carbonyl (C=O) groups excluding carboxylic acids is 2. The van der Waals surface area contributed by atoms with Crippen LogP contribution in [0.4, 0.5) is 16.3 Å². The minimum absolute atomic E-state index is 0.157. The van der Waals surface area contributed by atoms with Crippen molar-refractivity contribution in [2.45, 2.75) is 89.8 Å². The molecule has 14 heteroatoms. The lowest BCUT2D eigenvalue weighted by atomic mass is 9.92. The normalized spacial score (nSPS) is 19.0. The van der Waals surface area contributed by atoms with E-state index in [0.29, 0.717) is 57.5 Å². The van der Waals surface area contributed by atoms with Gasteiger partial charge in [-0.3, -0.25) is 24.9 Å². The Morgan fingerprint density at radius 3 is 2.43 bits per heavy atom. The standard InChI is InChI=1S/C42H56ClN9O4/c1-42(2,3)37-27-38(52(48-37)28-10-5-6-11-28)47-41(54)46-33-14-13-29(24-32(33)43)56-35-15-16-45-34-26-36(31(40(44)53)25-30(34)35)55-23-9-18-50-17-8-7-12-39(50)51-21-19-49(4)20-22-51/h13-16,24-28,39H,5-12,17-23H2,1-4H3,(H2,44,53)(H2,46,47,54). The van der Waals surface area contributed by atoms with Crippen LogP contribution in [0, 0.1) is 0 Å². The van der Waals surface area contributed by atoms with E-state index in [1.165, 1.54) is 19.3 Å². The zero-order valence-corrected chi connectivity index (χ0v) is 33.9. The molecule has 0 radical (unpaired) electrons. The Balaban J connectivity index is 0.991. The average molecular weight is 786 g/mol. The van der Waals surface area contributed by atoms with E-state index in [-0.39, 0.29) is 17.0 Å². The lowest BCUT2D eigenvalue weighted by molar-refractivity contribution is -0.0118. The van der Waals surface area contributed by atoms with Crippen molar-refractivity contribution < 1.29 is 19.1 Å². The third kappa shape index (κ3) is 9.39. The summed E-state index contributed by atoms with van der Waals surface area (Å²) < 4.78 is 14.4. The Morgan fingerprint density at radius 1 is 0.929 bits per heavy atom. The Kier molecular flexibility index (Phi) is 12.3. The monoisotopic (exact) mass is 785 g/mol. The number of aromatic nitrogens is 3. The number of fused-ring (bicyclic) bond motifs is 1. The quantitative estimate of drug-likeness (QED) is 0.122. The summed E-state index contributed by atoms with van der Waals surface area (Å²) >= 11 is 6.67. The van der Waals surface area contributed by atoms with Gasteiger partial charge in [0.1, 0.15) is 23.1 Å². The van der Waals surface area contributed by atoms with Crippen molar-refractivity contribution in [3.8, 4) is 17.2 Å². The van der Waals surface area contributed by atoms with Crippen molar-refractivity contribution in [1.29, 1.82) is 0 Å². The molecule has 2 aliphatic heterocycles. The molecule has 4 aromatic rings. The fraction of sp³-hybridized carbons (Fsp3) is 0.524. The Morgan fingerprint density at radius 2 is 1.70 bits per heavy atom. The number of hydrogen-bond donors (Lipinski definition) is 3. The molecule has 13 nitrogen and oxygen atoms in total. The molecule has 56 heavy (non-hydrogen) atoms. The summed E-state index contributed by atoms with van der Waals surface area (Å²) in [4.78, 5) is 38.1. The van der Waals surface area contributed by atoms with Crippen molar-refractivity contribution in [1.82, 2.24) is 29.5 Å². The maximum atomic E-state index is 13.2. The fourth-order valence-electron chi connectivity index (χ4n) is 8.11. The number of likely N-dealkylation sites (N-methyl/N-ethyl adjacent to an activating group) is 1. The van der Waals surface area contributed by atoms with Gasteiger partial charge in [0, 0.05) is 67.9 Å². The van der Waals surface area contributed by atoms with E-state index in [0.717, 1.165) is 77.1 Å². The number of carbonyl (C=O) groups is 2. The first kappa shape index (κ1) is 39.8. The Hall–Kier alpha value is -4.43. The zero-order valence-electron chi connectivity index (χ0n) is 33.2. The van der Waals surface area contributed by atoms with Gasteiger partial charge in [-0.05, 0) is 76.4 Å². The SMILES string of the molecule is CN1CCN(C2CCCCN2CCCOc2cc3nccc(Oc4ccc(NC(=O)Nc5cc(C(C)(C)C)nn5C5CCCC5)c(Cl)c4)c3cc2C(N)=O)CC1. The minimum atomic E-state index is -0.597. The Labute approximate surface area is 334 Å². The molecule has 1 atom stereocenters. The highest BCUT2D eigenvalue weighted by Crippen LogP contribution is 2.37. The molecule has 7 rings (SSSR count). The van der Waals surface area contributed by atoms with E-state index >= 15 is 0 Å². The second-order valence-electron chi connectivity index (χ2n) is 16.5. The van der Waals surface area contributed by atoms with Gasteiger partial charge < -0.3 is 25.4 Å². The molecule has 3 amide bonds. The van der Waals surface area contributed by atoms with Gasteiger partial charge in [-0.1, -0.05) is 45.2 Å². The van der Waals surface area contributed by atoms with Crippen LogP contribution in [0.5, 0.6) is 17.2 Å². The van der Waals surface area contributed by atoms with Crippen LogP contribution in [0.3, 0.4) is 0 Å². The van der Waals surface area contributed by atoms with Crippen LogP contribution in [0.1, 0.15) is 94.2 Å². The van der Waals surface area contributed by atoms with Crippen LogP contribution in [0.25, 0.3) is 10.9 Å². The van der Waals surface area contributed by atoms with E-state index in [1.54, 1.807) is 42.6 Å². The number of primary amides is 1. The molecule has 4 N–H and O–H groups in total. The molecule has 1 aliphatic carbocycles. The summed E-state index contributed by atoms with van der Waals surface area (Å²) in [6.45, 7) is 13.2. The van der Waals surface area contributed by atoms with Gasteiger partial charge in [0.05, 0.1) is 46.3 Å². The molecule has 0 bridgehead atoms. The number of nitrogens with zero attached hydrogens (tertiary/aromatic N) is 6. The van der Waals surface area contributed by atoms with E-state index < -0.39 is 11.9 Å². The second kappa shape index (κ2) is 17.4. The van der Waals surface area contributed by atoms with E-state index in [9.17, 15) is 9.59 Å². The lowest BCUT2D eigenvalue weighted by Crippen LogP contribution is -2.56. The van der Waals surface area contributed by atoms with Crippen LogP contribution in [0.2, 0.25) is 5.02 Å². The molecule has 2 aromatic carbocycles. The summed E-state index contributed by atoms with van der Waals surface area (Å²) in [7, 11) is 2.19. The van der Waals surface area contributed by atoms with Crippen molar-refractivity contribution >= 4 is 45.9 Å². The Bertz CT molecular complexity index is 2020. The number of rotatable bonds is 12. The number of piperidine rings is 1. The number of benzene rings is 2. The first-order valence-corrected chi connectivity index (χ1v) is 20.5. The largest absolute Gasteiger partial charge is 0.493 e. The number of amides is 3. The number of likely N-dealkylation sites (tertiary alicyclic amines) is 1. The molecule has 2 aromatic heterocycles. The van der Waals surface area contributed by atoms with Crippen LogP contribution >= 0.6 is 11.6 Å². The first-order valence-electron chi connectivity index (χ1n) is 20.1. The predicted molar refractivity (Wildman–Crippen MR) is 221 cm³/mol. The van der Waals surface area contributed by atoms with Crippen molar-refractivity contribution in [2.24, 2.45) is 5.73 Å². The molecular formula is C42H56ClN9O4. The number of anilines is 2. The molecule has 300 valence electrons. The predicted octanol–water partition coefficient (Wildman–Crippen LogP) is 7.86. The van der Waals surface area contributed by atoms with Crippen molar-refractivity contribution in [3.05, 3.63) is 64.9 Å². The van der Waals surface area contributed by atoms with E-state index in [1.807, 2.05) is 10.7 Å². The van der Waals surface area contributed by atoms with Crippen LogP contribution in [0.15, 0.2) is 48.7 Å². The minimum Gasteiger partial charge on any atom is -0.493 e. The van der Waals surface area contributed by atoms with Crippen LogP contribution in [-0.4, -0.2) is 100 Å². The molecule has 3 fully saturated rings. The van der Waals surface area contributed by atoms with E-state index in [2.05, 4.69) is 58.1 Å². The molecule has 2 saturated heterocycles. The average Bonchev–Trinajstić information content (AvgIpc) is 3.86. The highest BCUT2D eigenvalue weighted by Gasteiger charge is 2.30. The smallest absolute Gasteiger partial charge is 0.324 e. The zero-order chi connectivity index (χ0) is 39.4. The summed E-state index contributed by atoms with van der Waals surface area (Å²) in [5.74, 6) is 1.38. The van der Waals surface area contributed by atoms with Crippen LogP contribution in [-0.2, 0) is 5.41 Å². The third-order valence-electron chi connectivity index (χ3n) is 11.3. The highest BCUT2D eigenvalue weighted by molar-refractivity contribution is 6.34. The van der Waals surface area contributed by atoms with Gasteiger partial charge in [-0.15, -0.1) is 0 Å². The first-order chi connectivity index (χ1) is 26.9. The summed E-state index contributed by atoms with van der Waals surface area (Å²) in [6.07, 6.45) is 11.0. The third-order valence-corrected chi connectivity index (χ3v) is 11.6. The summed E-state index contributed by atoms with van der Waals surface area (Å²) in [5.41, 5.74) is 7.91. The van der Waals surface area contributed by atoms with Crippen molar-refractivity contribution in [2.75, 3.05) is 63.6 Å². The molecular weight excluding hydrogens is 730 g/mol. The number of hydrogen-bond acceptors (Lipinski definition) is 9. The second-order valence-corrected chi connectivity index (χ2v) is 16.9. The van der Waals surface area contributed by atoms with Gasteiger partial charge in [-0.2, -0.15) is 5.10 Å². The maximum Gasteiger partial charge on any atom is 0.324 e. The molecule has 1 saturated carbocycles.